The zero-order valence-corrected chi connectivity index (χ0v) is 26.9. The molecule has 0 saturated heterocycles. The van der Waals surface area contributed by atoms with Crippen molar-refractivity contribution in [3.05, 3.63) is 103 Å². The number of amides is 1. The molecular formula is C34H30N6O7S. The van der Waals surface area contributed by atoms with Gasteiger partial charge in [0.05, 0.1) is 7.11 Å². The number of aromatic nitrogens is 4. The number of nitrogens with zero attached hydrogens (tertiary/aromatic N) is 4. The van der Waals surface area contributed by atoms with E-state index in [-0.39, 0.29) is 47.3 Å². The van der Waals surface area contributed by atoms with Gasteiger partial charge in [-0.3, -0.25) is 15.0 Å². The van der Waals surface area contributed by atoms with Gasteiger partial charge in [0, 0.05) is 29.8 Å². The van der Waals surface area contributed by atoms with Crippen molar-refractivity contribution in [1.82, 2.24) is 19.9 Å². The summed E-state index contributed by atoms with van der Waals surface area (Å²) < 4.78 is 52.1. The SMILES string of the molecule is COc1ccccc1Oc1c(NS(=O)(=O)c2ccc(C)cn2)nc(-c2ccncc2)nc1OCC#CCOC(=O)Nc1cccc(C)c1. The summed E-state index contributed by atoms with van der Waals surface area (Å²) in [6.45, 7) is 3.25. The molecule has 0 saturated carbocycles. The number of hydrogen-bond acceptors (Lipinski definition) is 11. The quantitative estimate of drug-likeness (QED) is 0.164. The molecule has 244 valence electrons. The van der Waals surface area contributed by atoms with Crippen molar-refractivity contribution in [2.75, 3.05) is 30.4 Å². The molecule has 0 radical (unpaired) electrons. The van der Waals surface area contributed by atoms with Crippen molar-refractivity contribution in [2.45, 2.75) is 18.9 Å². The Morgan fingerprint density at radius 1 is 0.875 bits per heavy atom. The van der Waals surface area contributed by atoms with Crippen LogP contribution in [0.5, 0.6) is 23.1 Å². The number of carbonyl (C=O) groups excluding carboxylic acids is 1. The monoisotopic (exact) mass is 666 g/mol. The predicted octanol–water partition coefficient (Wildman–Crippen LogP) is 5.78. The molecular weight excluding hydrogens is 636 g/mol. The zero-order valence-electron chi connectivity index (χ0n) is 26.1. The van der Waals surface area contributed by atoms with Gasteiger partial charge in [0.2, 0.25) is 5.75 Å². The summed E-state index contributed by atoms with van der Waals surface area (Å²) in [5.74, 6) is 5.64. The first-order valence-corrected chi connectivity index (χ1v) is 15.9. The number of rotatable bonds is 11. The molecule has 14 heteroatoms. The molecule has 48 heavy (non-hydrogen) atoms. The summed E-state index contributed by atoms with van der Waals surface area (Å²) in [5, 5.41) is 2.40. The van der Waals surface area contributed by atoms with Gasteiger partial charge < -0.3 is 18.9 Å². The van der Waals surface area contributed by atoms with Crippen LogP contribution >= 0.6 is 0 Å². The van der Waals surface area contributed by atoms with E-state index in [4.69, 9.17) is 18.9 Å². The van der Waals surface area contributed by atoms with E-state index in [1.54, 1.807) is 73.9 Å². The second-order valence-corrected chi connectivity index (χ2v) is 11.6. The highest BCUT2D eigenvalue weighted by molar-refractivity contribution is 7.92. The molecule has 0 aliphatic rings. The van der Waals surface area contributed by atoms with Gasteiger partial charge in [-0.05, 0) is 67.4 Å². The van der Waals surface area contributed by atoms with E-state index >= 15 is 0 Å². The smallest absolute Gasteiger partial charge is 0.412 e. The van der Waals surface area contributed by atoms with E-state index in [1.807, 2.05) is 19.1 Å². The number of sulfonamides is 1. The minimum absolute atomic E-state index is 0.110. The number of para-hydroxylation sites is 2. The van der Waals surface area contributed by atoms with Gasteiger partial charge in [-0.15, -0.1) is 0 Å². The van der Waals surface area contributed by atoms with Crippen molar-refractivity contribution in [3.8, 4) is 46.4 Å². The van der Waals surface area contributed by atoms with Crippen LogP contribution in [0.2, 0.25) is 0 Å². The average Bonchev–Trinajstić information content (AvgIpc) is 3.08. The van der Waals surface area contributed by atoms with Gasteiger partial charge in [-0.2, -0.15) is 13.4 Å². The number of ether oxygens (including phenoxy) is 4. The second kappa shape index (κ2) is 15.4. The number of anilines is 2. The number of nitrogens with one attached hydrogen (secondary N) is 2. The molecule has 0 spiro atoms. The third-order valence-electron chi connectivity index (χ3n) is 6.39. The Bertz CT molecular complexity index is 2070. The third kappa shape index (κ3) is 8.74. The van der Waals surface area contributed by atoms with Gasteiger partial charge in [-0.1, -0.05) is 42.2 Å². The maximum absolute atomic E-state index is 13.5. The van der Waals surface area contributed by atoms with E-state index in [2.05, 4.69) is 41.8 Å². The Balaban J connectivity index is 1.45. The molecule has 5 rings (SSSR count). The molecule has 0 atom stereocenters. The lowest BCUT2D eigenvalue weighted by molar-refractivity contribution is 0.176. The first-order chi connectivity index (χ1) is 23.2. The van der Waals surface area contributed by atoms with E-state index in [0.29, 0.717) is 17.0 Å². The van der Waals surface area contributed by atoms with E-state index < -0.39 is 16.1 Å². The number of pyridine rings is 2. The highest BCUT2D eigenvalue weighted by Gasteiger charge is 2.26. The van der Waals surface area contributed by atoms with E-state index in [9.17, 15) is 13.2 Å². The van der Waals surface area contributed by atoms with Crippen molar-refractivity contribution >= 4 is 27.6 Å². The topological polar surface area (TPSA) is 164 Å². The van der Waals surface area contributed by atoms with E-state index in [1.165, 1.54) is 19.4 Å². The van der Waals surface area contributed by atoms with Gasteiger partial charge in [0.1, 0.15) is 0 Å². The molecule has 2 aromatic carbocycles. The summed E-state index contributed by atoms with van der Waals surface area (Å²) in [7, 11) is -2.79. The summed E-state index contributed by atoms with van der Waals surface area (Å²) in [6.07, 6.45) is 3.85. The summed E-state index contributed by atoms with van der Waals surface area (Å²) in [5.41, 5.74) is 2.88. The van der Waals surface area contributed by atoms with Crippen LogP contribution in [-0.2, 0) is 14.8 Å². The molecule has 13 nitrogen and oxygen atoms in total. The fourth-order valence-corrected chi connectivity index (χ4v) is 5.05. The number of hydrogen-bond donors (Lipinski definition) is 2. The predicted molar refractivity (Wildman–Crippen MR) is 178 cm³/mol. The van der Waals surface area contributed by atoms with Crippen LogP contribution in [0.1, 0.15) is 11.1 Å². The summed E-state index contributed by atoms with van der Waals surface area (Å²) in [4.78, 5) is 29.3. The van der Waals surface area contributed by atoms with Crippen molar-refractivity contribution in [2.24, 2.45) is 0 Å². The standard InChI is InChI=1S/C34H30N6O7S/c1-23-9-8-10-26(21-23)37-34(41)46-20-7-6-19-45-33-30(47-28-12-5-4-11-27(28)44-3)32(38-31(39-33)25-15-17-35-18-16-25)40-48(42,43)29-14-13-24(2)22-36-29/h4-5,8-18,21-22H,19-20H2,1-3H3,(H,37,41)(H,38,39,40). The number of methoxy groups -OCH3 is 1. The third-order valence-corrected chi connectivity index (χ3v) is 7.64. The first kappa shape index (κ1) is 33.2. The lowest BCUT2D eigenvalue weighted by atomic mass is 10.2. The Labute approximate surface area is 277 Å². The molecule has 5 aromatic rings. The van der Waals surface area contributed by atoms with Crippen LogP contribution in [0.4, 0.5) is 16.3 Å². The minimum Gasteiger partial charge on any atom is -0.493 e. The normalized spacial score (nSPS) is 10.6. The molecule has 0 aliphatic heterocycles. The van der Waals surface area contributed by atoms with Crippen LogP contribution in [-0.4, -0.2) is 54.8 Å². The van der Waals surface area contributed by atoms with Crippen LogP contribution in [0, 0.1) is 25.7 Å². The molecule has 0 unspecified atom stereocenters. The van der Waals surface area contributed by atoms with Crippen LogP contribution < -0.4 is 24.2 Å². The highest BCUT2D eigenvalue weighted by Crippen LogP contribution is 2.41. The fraction of sp³-hybridized carbons (Fsp3) is 0.147. The molecule has 0 bridgehead atoms. The minimum atomic E-state index is -4.25. The largest absolute Gasteiger partial charge is 0.493 e. The average molecular weight is 667 g/mol. The highest BCUT2D eigenvalue weighted by atomic mass is 32.2. The maximum atomic E-state index is 13.5. The Hall–Kier alpha value is -6.20. The van der Waals surface area contributed by atoms with Gasteiger partial charge in [-0.25, -0.2) is 14.8 Å². The van der Waals surface area contributed by atoms with E-state index in [0.717, 1.165) is 11.1 Å². The van der Waals surface area contributed by atoms with Gasteiger partial charge >= 0.3 is 6.09 Å². The van der Waals surface area contributed by atoms with Gasteiger partial charge in [0.15, 0.2) is 41.4 Å². The Morgan fingerprint density at radius 2 is 1.65 bits per heavy atom. The lowest BCUT2D eigenvalue weighted by Crippen LogP contribution is -2.17. The summed E-state index contributed by atoms with van der Waals surface area (Å²) >= 11 is 0. The molecule has 0 aliphatic carbocycles. The molecule has 1 amide bonds. The Morgan fingerprint density at radius 3 is 2.38 bits per heavy atom. The van der Waals surface area contributed by atoms with Crippen molar-refractivity contribution in [1.29, 1.82) is 0 Å². The molecule has 3 heterocycles. The maximum Gasteiger partial charge on any atom is 0.412 e. The fourth-order valence-electron chi connectivity index (χ4n) is 4.11. The summed E-state index contributed by atoms with van der Waals surface area (Å²) in [6, 6.07) is 20.3. The second-order valence-electron chi connectivity index (χ2n) is 10.0. The van der Waals surface area contributed by atoms with Crippen LogP contribution in [0.3, 0.4) is 0 Å². The van der Waals surface area contributed by atoms with Crippen LogP contribution in [0.15, 0.2) is 96.4 Å². The molecule has 0 fully saturated rings. The number of carbonyl (C=O) groups is 1. The number of benzene rings is 2. The zero-order chi connectivity index (χ0) is 33.9. The van der Waals surface area contributed by atoms with Gasteiger partial charge in [0.25, 0.3) is 15.9 Å². The van der Waals surface area contributed by atoms with Crippen molar-refractivity contribution < 1.29 is 32.2 Å². The van der Waals surface area contributed by atoms with Crippen molar-refractivity contribution in [3.63, 3.8) is 0 Å². The Kier molecular flexibility index (Phi) is 10.6. The lowest BCUT2D eigenvalue weighted by Gasteiger charge is -2.17. The number of aryl methyl sites for hydroxylation is 2. The first-order valence-electron chi connectivity index (χ1n) is 14.4. The van der Waals surface area contributed by atoms with Crippen LogP contribution in [0.25, 0.3) is 11.4 Å². The molecule has 3 aromatic heterocycles. The molecule has 2 N–H and O–H groups in total.